The molecule has 0 aromatic rings. The molecule has 0 aliphatic heterocycles. The third-order valence-electron chi connectivity index (χ3n) is 4.09. The van der Waals surface area contributed by atoms with Crippen LogP contribution in [0.5, 0.6) is 0 Å². The Morgan fingerprint density at radius 3 is 1.87 bits per heavy atom. The third-order valence-corrected chi connectivity index (χ3v) is 4.09. The molecule has 1 unspecified atom stereocenters. The molecule has 0 rings (SSSR count). The fraction of sp³-hybridized carbons (Fsp3) is 0.900. The Hall–Kier alpha value is -0.540. The summed E-state index contributed by atoms with van der Waals surface area (Å²) in [6, 6.07) is 0. The lowest BCUT2D eigenvalue weighted by molar-refractivity contribution is 0.0383. The van der Waals surface area contributed by atoms with Gasteiger partial charge in [0.25, 0.3) is 0 Å². The molecule has 1 atom stereocenters. The molecule has 138 valence electrons. The summed E-state index contributed by atoms with van der Waals surface area (Å²) in [6.45, 7) is 4.55. The molecule has 3 nitrogen and oxygen atoms in total. The topological polar surface area (TPSA) is 49.7 Å². The van der Waals surface area contributed by atoms with Gasteiger partial charge in [-0.2, -0.15) is 0 Å². The predicted octanol–water partition coefficient (Wildman–Crippen LogP) is 5.21. The minimum atomic E-state index is -0.769. The Labute approximate surface area is 144 Å². The van der Waals surface area contributed by atoms with E-state index in [2.05, 4.69) is 13.8 Å². The highest BCUT2D eigenvalue weighted by atomic mass is 16.5. The van der Waals surface area contributed by atoms with Gasteiger partial charge in [-0.3, -0.25) is 0 Å². The van der Waals surface area contributed by atoms with Crippen LogP contribution in [0.4, 0.5) is 0 Å². The van der Waals surface area contributed by atoms with Crippen LogP contribution >= 0.6 is 0 Å². The number of rotatable bonds is 17. The minimum Gasteiger partial charge on any atom is -0.499 e. The Balaban J connectivity index is 3.09. The van der Waals surface area contributed by atoms with Crippen molar-refractivity contribution in [2.45, 2.75) is 97.0 Å². The number of aliphatic hydroxyl groups is 2. The largest absolute Gasteiger partial charge is 0.499 e. The first kappa shape index (κ1) is 22.5. The lowest BCUT2D eigenvalue weighted by Gasteiger charge is -2.05. The van der Waals surface area contributed by atoms with Crippen LogP contribution in [0.2, 0.25) is 0 Å². The molecule has 2 N–H and O–H groups in total. The van der Waals surface area contributed by atoms with Crippen LogP contribution in [-0.2, 0) is 4.74 Å². The lowest BCUT2D eigenvalue weighted by Crippen LogP contribution is -2.17. The van der Waals surface area contributed by atoms with Crippen molar-refractivity contribution in [3.8, 4) is 0 Å². The minimum absolute atomic E-state index is 0.171. The van der Waals surface area contributed by atoms with Gasteiger partial charge in [0, 0.05) is 0 Å². The summed E-state index contributed by atoms with van der Waals surface area (Å²) in [5, 5.41) is 17.7. The van der Waals surface area contributed by atoms with Gasteiger partial charge in [0.1, 0.15) is 12.7 Å². The second-order valence-electron chi connectivity index (χ2n) is 7.05. The van der Waals surface area contributed by atoms with Gasteiger partial charge in [0.05, 0.1) is 12.9 Å². The molecule has 0 aliphatic carbocycles. The fourth-order valence-electron chi connectivity index (χ4n) is 2.58. The van der Waals surface area contributed by atoms with E-state index in [4.69, 9.17) is 14.9 Å². The molecule has 0 saturated carbocycles. The van der Waals surface area contributed by atoms with Gasteiger partial charge < -0.3 is 14.9 Å². The maximum absolute atomic E-state index is 9.07. The average molecular weight is 329 g/mol. The van der Waals surface area contributed by atoms with Crippen molar-refractivity contribution in [2.24, 2.45) is 5.92 Å². The Morgan fingerprint density at radius 2 is 1.35 bits per heavy atom. The summed E-state index contributed by atoms with van der Waals surface area (Å²) in [5.41, 5.74) is 0. The Bertz CT molecular complexity index is 251. The van der Waals surface area contributed by atoms with E-state index in [1.807, 2.05) is 6.08 Å². The summed E-state index contributed by atoms with van der Waals surface area (Å²) in [4.78, 5) is 0. The summed E-state index contributed by atoms with van der Waals surface area (Å²) in [5.74, 6) is 0.864. The molecule has 0 spiro atoms. The van der Waals surface area contributed by atoms with Gasteiger partial charge in [-0.1, -0.05) is 78.1 Å². The normalized spacial score (nSPS) is 13.1. The molecular formula is C20H40O3. The number of aliphatic hydroxyl groups excluding tert-OH is 2. The maximum Gasteiger partial charge on any atom is 0.115 e. The highest BCUT2D eigenvalue weighted by Crippen LogP contribution is 2.13. The fourth-order valence-corrected chi connectivity index (χ4v) is 2.58. The molecule has 23 heavy (non-hydrogen) atoms. The van der Waals surface area contributed by atoms with Gasteiger partial charge in [0.2, 0.25) is 0 Å². The number of allylic oxidation sites excluding steroid dienone is 1. The van der Waals surface area contributed by atoms with Gasteiger partial charge in [0.15, 0.2) is 0 Å². The predicted molar refractivity (Wildman–Crippen MR) is 98.4 cm³/mol. The highest BCUT2D eigenvalue weighted by Gasteiger charge is 1.99. The van der Waals surface area contributed by atoms with E-state index >= 15 is 0 Å². The lowest BCUT2D eigenvalue weighted by atomic mass is 10.0. The first-order chi connectivity index (χ1) is 11.2. The molecule has 3 heteroatoms. The molecule has 0 aromatic carbocycles. The van der Waals surface area contributed by atoms with Crippen LogP contribution in [-0.4, -0.2) is 29.5 Å². The molecule has 0 heterocycles. The molecule has 0 amide bonds. The summed E-state index contributed by atoms with van der Waals surface area (Å²) in [6.07, 6.45) is 19.0. The van der Waals surface area contributed by atoms with Gasteiger partial charge >= 0.3 is 0 Å². The van der Waals surface area contributed by atoms with E-state index in [0.29, 0.717) is 0 Å². The van der Waals surface area contributed by atoms with Crippen molar-refractivity contribution >= 4 is 0 Å². The molecule has 0 radical (unpaired) electrons. The second kappa shape index (κ2) is 17.8. The molecule has 0 aliphatic rings. The van der Waals surface area contributed by atoms with Crippen LogP contribution in [0.15, 0.2) is 12.3 Å². The highest BCUT2D eigenvalue weighted by molar-refractivity contribution is 4.73. The van der Waals surface area contributed by atoms with Gasteiger partial charge in [-0.15, -0.1) is 0 Å². The van der Waals surface area contributed by atoms with Crippen molar-refractivity contribution in [2.75, 3.05) is 13.2 Å². The average Bonchev–Trinajstić information content (AvgIpc) is 2.53. The van der Waals surface area contributed by atoms with E-state index in [9.17, 15) is 0 Å². The van der Waals surface area contributed by atoms with E-state index < -0.39 is 6.10 Å². The standard InChI is InChI=1S/C20H40O3/c1-19(2)15-13-11-9-7-5-3-4-6-8-10-12-14-16-23-18-20(22)17-21/h14,16,19-22H,3-13,15,17-18H2,1-2H3. The number of ether oxygens (including phenoxy) is 1. The molecule has 0 fully saturated rings. The number of hydrogen-bond donors (Lipinski definition) is 2. The van der Waals surface area contributed by atoms with Crippen LogP contribution in [0, 0.1) is 5.92 Å². The maximum atomic E-state index is 9.07. The van der Waals surface area contributed by atoms with Crippen molar-refractivity contribution in [1.29, 1.82) is 0 Å². The monoisotopic (exact) mass is 328 g/mol. The zero-order chi connectivity index (χ0) is 17.2. The van der Waals surface area contributed by atoms with Crippen LogP contribution in [0.3, 0.4) is 0 Å². The quantitative estimate of drug-likeness (QED) is 0.285. The van der Waals surface area contributed by atoms with Crippen molar-refractivity contribution < 1.29 is 14.9 Å². The van der Waals surface area contributed by atoms with Crippen LogP contribution in [0.1, 0.15) is 90.9 Å². The number of unbranched alkanes of at least 4 members (excludes halogenated alkanes) is 10. The van der Waals surface area contributed by atoms with Crippen molar-refractivity contribution in [3.63, 3.8) is 0 Å². The smallest absolute Gasteiger partial charge is 0.115 e. The van der Waals surface area contributed by atoms with Crippen molar-refractivity contribution in [3.05, 3.63) is 12.3 Å². The zero-order valence-corrected chi connectivity index (χ0v) is 15.5. The van der Waals surface area contributed by atoms with Crippen LogP contribution < -0.4 is 0 Å². The molecule has 0 aromatic heterocycles. The molecule has 0 saturated heterocycles. The SMILES string of the molecule is CC(C)CCCCCCCCCCCCC=COCC(O)CO. The molecule has 0 bridgehead atoms. The molecular weight excluding hydrogens is 288 g/mol. The Kier molecular flexibility index (Phi) is 17.4. The van der Waals surface area contributed by atoms with Crippen molar-refractivity contribution in [1.82, 2.24) is 0 Å². The summed E-state index contributed by atoms with van der Waals surface area (Å²) in [7, 11) is 0. The van der Waals surface area contributed by atoms with E-state index in [1.54, 1.807) is 6.26 Å². The van der Waals surface area contributed by atoms with E-state index in [1.165, 1.54) is 70.6 Å². The second-order valence-corrected chi connectivity index (χ2v) is 7.05. The summed E-state index contributed by atoms with van der Waals surface area (Å²) < 4.78 is 5.11. The first-order valence-electron chi connectivity index (χ1n) is 9.72. The van der Waals surface area contributed by atoms with E-state index in [0.717, 1.165) is 12.3 Å². The Morgan fingerprint density at radius 1 is 0.826 bits per heavy atom. The zero-order valence-electron chi connectivity index (χ0n) is 15.5. The number of hydrogen-bond acceptors (Lipinski definition) is 3. The van der Waals surface area contributed by atoms with Gasteiger partial charge in [-0.05, 0) is 24.8 Å². The third kappa shape index (κ3) is 19.4. The first-order valence-corrected chi connectivity index (χ1v) is 9.72. The van der Waals surface area contributed by atoms with E-state index in [-0.39, 0.29) is 13.2 Å². The van der Waals surface area contributed by atoms with Gasteiger partial charge in [-0.25, -0.2) is 0 Å². The summed E-state index contributed by atoms with van der Waals surface area (Å²) >= 11 is 0. The van der Waals surface area contributed by atoms with Crippen LogP contribution in [0.25, 0.3) is 0 Å².